The van der Waals surface area contributed by atoms with Crippen LogP contribution in [0.2, 0.25) is 0 Å². The Morgan fingerprint density at radius 2 is 1.96 bits per heavy atom. The third kappa shape index (κ3) is 5.08. The SMILES string of the molecule is CC.CC(C)OC(=O)N1CCC[C@H]1Cn1ccc(-c2ccccc2)n1. The average molecular weight is 343 g/mol. The Labute approximate surface area is 150 Å². The highest BCUT2D eigenvalue weighted by Crippen LogP contribution is 2.21. The summed E-state index contributed by atoms with van der Waals surface area (Å²) < 4.78 is 7.26. The molecule has 1 amide bonds. The summed E-state index contributed by atoms with van der Waals surface area (Å²) in [6.45, 7) is 9.23. The van der Waals surface area contributed by atoms with Crippen LogP contribution >= 0.6 is 0 Å². The van der Waals surface area contributed by atoms with E-state index in [1.807, 2.05) is 67.7 Å². The van der Waals surface area contributed by atoms with Crippen molar-refractivity contribution in [2.45, 2.75) is 59.2 Å². The van der Waals surface area contributed by atoms with Gasteiger partial charge in [0.05, 0.1) is 24.4 Å². The van der Waals surface area contributed by atoms with Gasteiger partial charge in [0.2, 0.25) is 0 Å². The minimum absolute atomic E-state index is 0.0851. The molecule has 0 radical (unpaired) electrons. The van der Waals surface area contributed by atoms with E-state index >= 15 is 0 Å². The lowest BCUT2D eigenvalue weighted by molar-refractivity contribution is 0.0707. The average Bonchev–Trinajstić information content (AvgIpc) is 3.27. The Morgan fingerprint density at radius 1 is 1.24 bits per heavy atom. The van der Waals surface area contributed by atoms with Gasteiger partial charge in [-0.3, -0.25) is 4.68 Å². The van der Waals surface area contributed by atoms with Gasteiger partial charge in [0.15, 0.2) is 0 Å². The van der Waals surface area contributed by atoms with Crippen molar-refractivity contribution in [1.29, 1.82) is 0 Å². The van der Waals surface area contributed by atoms with Crippen molar-refractivity contribution in [3.63, 3.8) is 0 Å². The highest BCUT2D eigenvalue weighted by Gasteiger charge is 2.30. The zero-order valence-corrected chi connectivity index (χ0v) is 15.7. The van der Waals surface area contributed by atoms with E-state index in [-0.39, 0.29) is 18.2 Å². The second kappa shape index (κ2) is 9.25. The van der Waals surface area contributed by atoms with Crippen LogP contribution in [0.25, 0.3) is 11.3 Å². The van der Waals surface area contributed by atoms with Gasteiger partial charge in [0.1, 0.15) is 0 Å². The van der Waals surface area contributed by atoms with Gasteiger partial charge in [0.25, 0.3) is 0 Å². The van der Waals surface area contributed by atoms with E-state index in [9.17, 15) is 4.79 Å². The number of ether oxygens (including phenoxy) is 1. The van der Waals surface area contributed by atoms with Crippen LogP contribution < -0.4 is 0 Å². The van der Waals surface area contributed by atoms with Gasteiger partial charge >= 0.3 is 6.09 Å². The minimum Gasteiger partial charge on any atom is -0.447 e. The molecule has 5 heteroatoms. The second-order valence-corrected chi connectivity index (χ2v) is 6.21. The van der Waals surface area contributed by atoms with Crippen LogP contribution in [-0.4, -0.2) is 39.5 Å². The predicted octanol–water partition coefficient (Wildman–Crippen LogP) is 4.59. The van der Waals surface area contributed by atoms with E-state index in [4.69, 9.17) is 4.74 Å². The number of carbonyl (C=O) groups excluding carboxylic acids is 1. The van der Waals surface area contributed by atoms with Gasteiger partial charge in [-0.25, -0.2) is 4.79 Å². The Bertz CT molecular complexity index is 652. The van der Waals surface area contributed by atoms with Crippen LogP contribution in [0.15, 0.2) is 42.6 Å². The number of amides is 1. The molecule has 2 aromatic rings. The summed E-state index contributed by atoms with van der Waals surface area (Å²) in [5.74, 6) is 0. The normalized spacial score (nSPS) is 16.5. The van der Waals surface area contributed by atoms with Crippen molar-refractivity contribution < 1.29 is 9.53 Å². The van der Waals surface area contributed by atoms with E-state index in [0.29, 0.717) is 6.54 Å². The van der Waals surface area contributed by atoms with Gasteiger partial charge in [-0.05, 0) is 32.8 Å². The molecule has 0 spiro atoms. The van der Waals surface area contributed by atoms with Crippen molar-refractivity contribution in [2.75, 3.05) is 6.54 Å². The van der Waals surface area contributed by atoms with Crippen molar-refractivity contribution in [1.82, 2.24) is 14.7 Å². The Kier molecular flexibility index (Phi) is 7.04. The fraction of sp³-hybridized carbons (Fsp3) is 0.500. The first-order chi connectivity index (χ1) is 12.1. The van der Waals surface area contributed by atoms with Crippen LogP contribution in [0, 0.1) is 0 Å². The molecule has 5 nitrogen and oxygen atoms in total. The third-order valence-electron chi connectivity index (χ3n) is 4.06. The lowest BCUT2D eigenvalue weighted by Gasteiger charge is -2.25. The molecule has 25 heavy (non-hydrogen) atoms. The standard InChI is InChI=1S/C18H23N3O2.C2H6/c1-14(2)23-18(22)21-11-6-9-16(21)13-20-12-10-17(19-20)15-7-4-3-5-8-15;1-2/h3-5,7-8,10,12,14,16H,6,9,11,13H2,1-2H3;1-2H3/t16-;/m0./s1. The summed E-state index contributed by atoms with van der Waals surface area (Å²) in [6.07, 6.45) is 3.70. The van der Waals surface area contributed by atoms with E-state index in [0.717, 1.165) is 30.6 Å². The Morgan fingerprint density at radius 3 is 2.64 bits per heavy atom. The van der Waals surface area contributed by atoms with Crippen molar-refractivity contribution in [3.05, 3.63) is 42.6 Å². The van der Waals surface area contributed by atoms with Gasteiger partial charge in [-0.15, -0.1) is 0 Å². The lowest BCUT2D eigenvalue weighted by atomic mass is 10.2. The van der Waals surface area contributed by atoms with Gasteiger partial charge in [-0.2, -0.15) is 5.10 Å². The molecule has 0 saturated carbocycles. The molecule has 136 valence electrons. The molecule has 1 aromatic carbocycles. The molecule has 1 aliphatic rings. The highest BCUT2D eigenvalue weighted by molar-refractivity contribution is 5.68. The minimum atomic E-state index is -0.210. The van der Waals surface area contributed by atoms with E-state index in [1.165, 1.54) is 0 Å². The van der Waals surface area contributed by atoms with Gasteiger partial charge < -0.3 is 9.64 Å². The summed E-state index contributed by atoms with van der Waals surface area (Å²) in [4.78, 5) is 14.0. The molecule has 1 fully saturated rings. The first-order valence-corrected chi connectivity index (χ1v) is 9.19. The summed E-state index contributed by atoms with van der Waals surface area (Å²) in [7, 11) is 0. The van der Waals surface area contributed by atoms with Crippen LogP contribution in [0.5, 0.6) is 0 Å². The smallest absolute Gasteiger partial charge is 0.410 e. The topological polar surface area (TPSA) is 47.4 Å². The number of nitrogens with zero attached hydrogens (tertiary/aromatic N) is 3. The molecule has 0 bridgehead atoms. The number of rotatable bonds is 4. The lowest BCUT2D eigenvalue weighted by Crippen LogP contribution is -2.39. The number of aromatic nitrogens is 2. The Hall–Kier alpha value is -2.30. The van der Waals surface area contributed by atoms with E-state index < -0.39 is 0 Å². The van der Waals surface area contributed by atoms with Crippen LogP contribution in [0.4, 0.5) is 4.79 Å². The van der Waals surface area contributed by atoms with Crippen LogP contribution in [-0.2, 0) is 11.3 Å². The molecule has 1 saturated heterocycles. The summed E-state index contributed by atoms with van der Waals surface area (Å²) in [5, 5.41) is 4.64. The summed E-state index contributed by atoms with van der Waals surface area (Å²) in [6, 6.07) is 12.3. The summed E-state index contributed by atoms with van der Waals surface area (Å²) >= 11 is 0. The molecule has 0 aliphatic carbocycles. The number of hydrogen-bond acceptors (Lipinski definition) is 3. The van der Waals surface area contributed by atoms with Crippen LogP contribution in [0.1, 0.15) is 40.5 Å². The number of likely N-dealkylation sites (tertiary alicyclic amines) is 1. The molecule has 2 heterocycles. The maximum absolute atomic E-state index is 12.2. The second-order valence-electron chi connectivity index (χ2n) is 6.21. The van der Waals surface area contributed by atoms with Crippen molar-refractivity contribution in [3.8, 4) is 11.3 Å². The number of hydrogen-bond donors (Lipinski definition) is 0. The predicted molar refractivity (Wildman–Crippen MR) is 100 cm³/mol. The van der Waals surface area contributed by atoms with Crippen LogP contribution in [0.3, 0.4) is 0 Å². The van der Waals surface area contributed by atoms with Crippen molar-refractivity contribution in [2.24, 2.45) is 0 Å². The number of benzene rings is 1. The third-order valence-corrected chi connectivity index (χ3v) is 4.06. The van der Waals surface area contributed by atoms with E-state index in [1.54, 1.807) is 0 Å². The first-order valence-electron chi connectivity index (χ1n) is 9.19. The zero-order valence-electron chi connectivity index (χ0n) is 15.7. The monoisotopic (exact) mass is 343 g/mol. The fourth-order valence-corrected chi connectivity index (χ4v) is 2.98. The molecule has 0 N–H and O–H groups in total. The number of carbonyl (C=O) groups is 1. The highest BCUT2D eigenvalue weighted by atomic mass is 16.6. The molecular formula is C20H29N3O2. The maximum atomic E-state index is 12.2. The molecule has 1 aliphatic heterocycles. The molecule has 1 atom stereocenters. The van der Waals surface area contributed by atoms with Crippen molar-refractivity contribution >= 4 is 6.09 Å². The van der Waals surface area contributed by atoms with Gasteiger partial charge in [-0.1, -0.05) is 44.2 Å². The molecule has 3 rings (SSSR count). The molecular weight excluding hydrogens is 314 g/mol. The maximum Gasteiger partial charge on any atom is 0.410 e. The Balaban J connectivity index is 0.00000109. The quantitative estimate of drug-likeness (QED) is 0.816. The van der Waals surface area contributed by atoms with Gasteiger partial charge in [0, 0.05) is 18.3 Å². The largest absolute Gasteiger partial charge is 0.447 e. The molecule has 0 unspecified atom stereocenters. The zero-order chi connectivity index (χ0) is 18.2. The molecule has 1 aromatic heterocycles. The first kappa shape index (κ1) is 19.0. The fourth-order valence-electron chi connectivity index (χ4n) is 2.98. The van der Waals surface area contributed by atoms with E-state index in [2.05, 4.69) is 17.2 Å². The summed E-state index contributed by atoms with van der Waals surface area (Å²) in [5.41, 5.74) is 2.06.